The van der Waals surface area contributed by atoms with Gasteiger partial charge in [-0.15, -0.1) is 11.3 Å². The molecule has 96 valence electrons. The molecule has 0 bridgehead atoms. The maximum absolute atomic E-state index is 12.4. The molecular formula is C10H11F2N5S. The van der Waals surface area contributed by atoms with Gasteiger partial charge in [-0.25, -0.2) is 23.7 Å². The van der Waals surface area contributed by atoms with Crippen LogP contribution in [0, 0.1) is 0 Å². The molecule has 18 heavy (non-hydrogen) atoms. The van der Waals surface area contributed by atoms with Gasteiger partial charge in [0.15, 0.2) is 5.13 Å². The number of rotatable bonds is 5. The first-order valence-electron chi connectivity index (χ1n) is 5.15. The zero-order valence-corrected chi connectivity index (χ0v) is 10.3. The maximum atomic E-state index is 12.4. The summed E-state index contributed by atoms with van der Waals surface area (Å²) in [6.07, 6.45) is -1.48. The van der Waals surface area contributed by atoms with Gasteiger partial charge in [0.2, 0.25) is 0 Å². The minimum absolute atomic E-state index is 0.290. The van der Waals surface area contributed by atoms with Crippen molar-refractivity contribution in [2.75, 3.05) is 17.7 Å². The molecule has 0 aliphatic rings. The van der Waals surface area contributed by atoms with Crippen molar-refractivity contribution in [3.8, 4) is 0 Å². The molecule has 5 nitrogen and oxygen atoms in total. The molecule has 2 aromatic heterocycles. The fraction of sp³-hybridized carbons (Fsp3) is 0.300. The van der Waals surface area contributed by atoms with E-state index in [0.29, 0.717) is 12.4 Å². The van der Waals surface area contributed by atoms with Gasteiger partial charge in [-0.1, -0.05) is 0 Å². The third kappa shape index (κ3) is 3.10. The van der Waals surface area contributed by atoms with E-state index in [2.05, 4.69) is 25.6 Å². The summed E-state index contributed by atoms with van der Waals surface area (Å²) in [4.78, 5) is 11.6. The lowest BCUT2D eigenvalue weighted by molar-refractivity contribution is 0.146. The van der Waals surface area contributed by atoms with Crippen molar-refractivity contribution in [3.63, 3.8) is 0 Å². The smallest absolute Gasteiger partial charge is 0.280 e. The fourth-order valence-corrected chi connectivity index (χ4v) is 1.94. The summed E-state index contributed by atoms with van der Waals surface area (Å²) in [6.45, 7) is 0.428. The molecular weight excluding hydrogens is 260 g/mol. The van der Waals surface area contributed by atoms with Crippen molar-refractivity contribution in [1.29, 1.82) is 0 Å². The summed E-state index contributed by atoms with van der Waals surface area (Å²) in [7, 11) is 1.79. The Kier molecular flexibility index (Phi) is 3.98. The normalized spacial score (nSPS) is 10.7. The van der Waals surface area contributed by atoms with Crippen LogP contribution < -0.4 is 10.6 Å². The van der Waals surface area contributed by atoms with Crippen LogP contribution in [0.3, 0.4) is 0 Å². The highest BCUT2D eigenvalue weighted by Gasteiger charge is 2.09. The van der Waals surface area contributed by atoms with Crippen LogP contribution in [0.2, 0.25) is 0 Å². The van der Waals surface area contributed by atoms with E-state index < -0.39 is 6.43 Å². The number of thiazole rings is 1. The van der Waals surface area contributed by atoms with Crippen LogP contribution in [0.5, 0.6) is 0 Å². The van der Waals surface area contributed by atoms with Gasteiger partial charge in [0.1, 0.15) is 17.8 Å². The molecule has 0 spiro atoms. The predicted octanol–water partition coefficient (Wildman–Crippen LogP) is 2.52. The van der Waals surface area contributed by atoms with Gasteiger partial charge in [0, 0.05) is 18.5 Å². The number of aromatic nitrogens is 3. The first kappa shape index (κ1) is 12.6. The second-order valence-corrected chi connectivity index (χ2v) is 4.23. The number of nitrogens with zero attached hydrogens (tertiary/aromatic N) is 3. The lowest BCUT2D eigenvalue weighted by Crippen LogP contribution is -2.03. The number of hydrogen-bond donors (Lipinski definition) is 2. The van der Waals surface area contributed by atoms with Crippen molar-refractivity contribution in [2.45, 2.75) is 13.0 Å². The topological polar surface area (TPSA) is 62.7 Å². The number of halogens is 2. The second kappa shape index (κ2) is 5.67. The molecule has 2 rings (SSSR count). The van der Waals surface area contributed by atoms with E-state index in [1.165, 1.54) is 17.4 Å². The van der Waals surface area contributed by atoms with Crippen LogP contribution in [0.4, 0.5) is 19.7 Å². The maximum Gasteiger partial charge on any atom is 0.280 e. The molecule has 0 unspecified atom stereocenters. The van der Waals surface area contributed by atoms with Crippen LogP contribution in [-0.4, -0.2) is 22.0 Å². The van der Waals surface area contributed by atoms with E-state index in [4.69, 9.17) is 0 Å². The number of nitrogens with one attached hydrogen (secondary N) is 2. The van der Waals surface area contributed by atoms with Crippen molar-refractivity contribution in [2.24, 2.45) is 0 Å². The highest BCUT2D eigenvalue weighted by molar-refractivity contribution is 7.13. The average molecular weight is 271 g/mol. The summed E-state index contributed by atoms with van der Waals surface area (Å²) < 4.78 is 24.8. The minimum atomic E-state index is -2.59. The molecule has 0 aromatic carbocycles. The Morgan fingerprint density at radius 1 is 1.39 bits per heavy atom. The van der Waals surface area contributed by atoms with Crippen molar-refractivity contribution >= 4 is 22.3 Å². The molecule has 0 saturated heterocycles. The predicted molar refractivity (Wildman–Crippen MR) is 66.0 cm³/mol. The number of anilines is 2. The Morgan fingerprint density at radius 3 is 2.89 bits per heavy atom. The summed E-state index contributed by atoms with van der Waals surface area (Å²) in [5.74, 6) is 0.360. The summed E-state index contributed by atoms with van der Waals surface area (Å²) in [6, 6.07) is 1.23. The van der Waals surface area contributed by atoms with Crippen molar-refractivity contribution in [1.82, 2.24) is 15.0 Å². The van der Waals surface area contributed by atoms with Gasteiger partial charge < -0.3 is 10.6 Å². The van der Waals surface area contributed by atoms with Gasteiger partial charge in [-0.2, -0.15) is 0 Å². The molecule has 2 N–H and O–H groups in total. The van der Waals surface area contributed by atoms with E-state index in [-0.39, 0.29) is 5.69 Å². The van der Waals surface area contributed by atoms with Crippen LogP contribution >= 0.6 is 11.3 Å². The van der Waals surface area contributed by atoms with Gasteiger partial charge in [0.05, 0.1) is 12.2 Å². The Bertz CT molecular complexity index is 516. The fourth-order valence-electron chi connectivity index (χ4n) is 1.27. The Hall–Kier alpha value is -1.83. The van der Waals surface area contributed by atoms with Crippen molar-refractivity contribution in [3.05, 3.63) is 29.2 Å². The van der Waals surface area contributed by atoms with Crippen LogP contribution in [-0.2, 0) is 6.54 Å². The monoisotopic (exact) mass is 271 g/mol. The first-order chi connectivity index (χ1) is 8.69. The largest absolute Gasteiger partial charge is 0.365 e. The molecule has 8 heteroatoms. The quantitative estimate of drug-likeness (QED) is 0.875. The molecule has 0 aliphatic carbocycles. The number of alkyl halides is 2. The first-order valence-corrected chi connectivity index (χ1v) is 6.03. The highest BCUT2D eigenvalue weighted by Crippen LogP contribution is 2.19. The molecule has 0 radical (unpaired) electrons. The average Bonchev–Trinajstić information content (AvgIpc) is 2.84. The Morgan fingerprint density at radius 2 is 2.22 bits per heavy atom. The summed E-state index contributed by atoms with van der Waals surface area (Å²) >= 11 is 1.48. The highest BCUT2D eigenvalue weighted by atomic mass is 32.1. The summed E-state index contributed by atoms with van der Waals surface area (Å²) in [5.41, 5.74) is 0.531. The van der Waals surface area contributed by atoms with Crippen molar-refractivity contribution < 1.29 is 8.78 Å². The van der Waals surface area contributed by atoms with Gasteiger partial charge >= 0.3 is 0 Å². The third-order valence-corrected chi connectivity index (χ3v) is 3.04. The SMILES string of the molecule is CNc1nc(CNc2cc(C(F)F)ncn2)cs1. The van der Waals surface area contributed by atoms with E-state index in [1.54, 1.807) is 7.05 Å². The lowest BCUT2D eigenvalue weighted by Gasteiger charge is -2.04. The molecule has 2 aromatic rings. The molecule has 0 aliphatic heterocycles. The lowest BCUT2D eigenvalue weighted by atomic mass is 10.4. The second-order valence-electron chi connectivity index (χ2n) is 3.38. The van der Waals surface area contributed by atoms with Crippen LogP contribution in [0.15, 0.2) is 17.8 Å². The Labute approximate surface area is 106 Å². The van der Waals surface area contributed by atoms with Crippen LogP contribution in [0.1, 0.15) is 17.8 Å². The standard InChI is InChI=1S/C10H11F2N5S/c1-13-10-17-6(4-18-10)3-14-8-2-7(9(11)12)15-5-16-8/h2,4-5,9H,3H2,1H3,(H,13,17)(H,14,15,16). The van der Waals surface area contributed by atoms with Gasteiger partial charge in [-0.3, -0.25) is 0 Å². The van der Waals surface area contributed by atoms with E-state index in [0.717, 1.165) is 17.2 Å². The van der Waals surface area contributed by atoms with Gasteiger partial charge in [0.25, 0.3) is 6.43 Å². The molecule has 2 heterocycles. The Balaban J connectivity index is 1.99. The zero-order chi connectivity index (χ0) is 13.0. The van der Waals surface area contributed by atoms with Gasteiger partial charge in [-0.05, 0) is 0 Å². The summed E-state index contributed by atoms with van der Waals surface area (Å²) in [5, 5.41) is 8.54. The molecule has 0 fully saturated rings. The molecule has 0 atom stereocenters. The third-order valence-electron chi connectivity index (χ3n) is 2.13. The van der Waals surface area contributed by atoms with E-state index in [9.17, 15) is 8.78 Å². The van der Waals surface area contributed by atoms with Crippen LogP contribution in [0.25, 0.3) is 0 Å². The van der Waals surface area contributed by atoms with E-state index in [1.807, 2.05) is 5.38 Å². The molecule has 0 saturated carbocycles. The molecule has 0 amide bonds. The van der Waals surface area contributed by atoms with E-state index >= 15 is 0 Å². The number of hydrogen-bond acceptors (Lipinski definition) is 6. The minimum Gasteiger partial charge on any atom is -0.365 e. The zero-order valence-electron chi connectivity index (χ0n) is 9.52.